The first-order valence-electron chi connectivity index (χ1n) is 18.2. The molecular formula is C50H40O. The van der Waals surface area contributed by atoms with Crippen molar-refractivity contribution in [3.05, 3.63) is 145 Å². The number of rotatable bonds is 2. The standard InChI is InChI=1S/C50H40O/c1-49(2,3)33-23-31-21-22-32-24-34(50(4,5)6)26-40-46(32)45(31)39(25-33)47-43(29-15-9-7-10-16-29)37-27-36-35-19-13-14-20-41(35)51-42(36)28-38(37)44(48(40)47)30-17-11-8-12-18-30/h7-28H,1-6H3. The van der Waals surface area contributed by atoms with E-state index in [1.807, 2.05) is 0 Å². The first kappa shape index (κ1) is 30.2. The fourth-order valence-corrected chi connectivity index (χ4v) is 8.64. The van der Waals surface area contributed by atoms with Gasteiger partial charge in [-0.25, -0.2) is 0 Å². The first-order chi connectivity index (χ1) is 24.6. The topological polar surface area (TPSA) is 13.1 Å². The van der Waals surface area contributed by atoms with Gasteiger partial charge in [0.1, 0.15) is 11.2 Å². The van der Waals surface area contributed by atoms with Crippen LogP contribution in [0.2, 0.25) is 0 Å². The molecule has 0 aliphatic carbocycles. The van der Waals surface area contributed by atoms with Crippen LogP contribution in [0.3, 0.4) is 0 Å². The van der Waals surface area contributed by atoms with Crippen LogP contribution in [0.15, 0.2) is 138 Å². The van der Waals surface area contributed by atoms with Crippen LogP contribution in [-0.4, -0.2) is 0 Å². The molecule has 0 aliphatic heterocycles. The highest BCUT2D eigenvalue weighted by molar-refractivity contribution is 6.41. The lowest BCUT2D eigenvalue weighted by Gasteiger charge is -2.27. The molecule has 1 nitrogen and oxygen atoms in total. The van der Waals surface area contributed by atoms with Crippen molar-refractivity contribution in [3.63, 3.8) is 0 Å². The van der Waals surface area contributed by atoms with Crippen molar-refractivity contribution in [1.82, 2.24) is 0 Å². The van der Waals surface area contributed by atoms with Gasteiger partial charge in [0.2, 0.25) is 0 Å². The average Bonchev–Trinajstić information content (AvgIpc) is 3.49. The zero-order valence-corrected chi connectivity index (χ0v) is 30.1. The Morgan fingerprint density at radius 3 is 1.33 bits per heavy atom. The molecule has 0 bridgehead atoms. The lowest BCUT2D eigenvalue weighted by Crippen LogP contribution is -2.12. The highest BCUT2D eigenvalue weighted by Crippen LogP contribution is 2.53. The minimum atomic E-state index is -0.0252. The molecule has 0 unspecified atom stereocenters. The van der Waals surface area contributed by atoms with Gasteiger partial charge in [0.25, 0.3) is 0 Å². The Hall–Kier alpha value is -5.66. The van der Waals surface area contributed by atoms with E-state index < -0.39 is 0 Å². The maximum Gasteiger partial charge on any atom is 0.136 e. The smallest absolute Gasteiger partial charge is 0.136 e. The SMILES string of the molecule is CC(C)(C)c1cc2ccc3cc(C(C)(C)C)cc4c5c(-c6ccccc6)c6cc7c(cc6c(-c6ccccc6)c5c(c1)c2c34)oc1ccccc17. The minimum absolute atomic E-state index is 0.0237. The Bertz CT molecular complexity index is 3000. The van der Waals surface area contributed by atoms with Gasteiger partial charge in [-0.05, 0) is 128 Å². The van der Waals surface area contributed by atoms with Gasteiger partial charge < -0.3 is 4.42 Å². The fourth-order valence-electron chi connectivity index (χ4n) is 8.64. The second-order valence-corrected chi connectivity index (χ2v) is 16.5. The van der Waals surface area contributed by atoms with Crippen molar-refractivity contribution in [2.75, 3.05) is 0 Å². The molecule has 0 atom stereocenters. The molecule has 0 saturated carbocycles. The summed E-state index contributed by atoms with van der Waals surface area (Å²) < 4.78 is 6.62. The van der Waals surface area contributed by atoms with Crippen LogP contribution in [0.4, 0.5) is 0 Å². The second-order valence-electron chi connectivity index (χ2n) is 16.5. The van der Waals surface area contributed by atoms with Gasteiger partial charge >= 0.3 is 0 Å². The van der Waals surface area contributed by atoms with E-state index in [-0.39, 0.29) is 10.8 Å². The van der Waals surface area contributed by atoms with Crippen molar-refractivity contribution >= 4 is 75.8 Å². The van der Waals surface area contributed by atoms with Crippen molar-refractivity contribution in [2.24, 2.45) is 0 Å². The molecule has 0 aliphatic rings. The number of fused-ring (bicyclic) bond motifs is 7. The third-order valence-electron chi connectivity index (χ3n) is 11.2. The van der Waals surface area contributed by atoms with Gasteiger partial charge in [0.05, 0.1) is 0 Å². The zero-order chi connectivity index (χ0) is 34.8. The monoisotopic (exact) mass is 656 g/mol. The molecule has 0 fully saturated rings. The molecule has 0 saturated heterocycles. The molecule has 0 amide bonds. The number of furan rings is 1. The Labute approximate surface area is 298 Å². The van der Waals surface area contributed by atoms with Crippen LogP contribution in [0.1, 0.15) is 52.7 Å². The highest BCUT2D eigenvalue weighted by atomic mass is 16.3. The van der Waals surface area contributed by atoms with Crippen LogP contribution in [0.5, 0.6) is 0 Å². The van der Waals surface area contributed by atoms with Crippen LogP contribution >= 0.6 is 0 Å². The molecule has 1 aromatic heterocycles. The summed E-state index contributed by atoms with van der Waals surface area (Å²) in [6.07, 6.45) is 0. The molecule has 10 rings (SSSR count). The van der Waals surface area contributed by atoms with Gasteiger partial charge in [-0.3, -0.25) is 0 Å². The number of hydrogen-bond acceptors (Lipinski definition) is 1. The molecule has 0 radical (unpaired) electrons. The summed E-state index contributed by atoms with van der Waals surface area (Å²) in [7, 11) is 0. The van der Waals surface area contributed by atoms with E-state index in [0.29, 0.717) is 0 Å². The van der Waals surface area contributed by atoms with Gasteiger partial charge in [0.15, 0.2) is 0 Å². The predicted molar refractivity (Wildman–Crippen MR) is 221 cm³/mol. The summed E-state index contributed by atoms with van der Waals surface area (Å²) in [5, 5.41) is 15.3. The third kappa shape index (κ3) is 4.40. The van der Waals surface area contributed by atoms with E-state index in [4.69, 9.17) is 4.42 Å². The second kappa shape index (κ2) is 10.4. The summed E-state index contributed by atoms with van der Waals surface area (Å²) in [5.74, 6) is 0. The summed E-state index contributed by atoms with van der Waals surface area (Å²) in [6.45, 7) is 14.0. The quantitative estimate of drug-likeness (QED) is 0.133. The van der Waals surface area contributed by atoms with Gasteiger partial charge in [-0.2, -0.15) is 0 Å². The molecule has 9 aromatic carbocycles. The lowest BCUT2D eigenvalue weighted by molar-refractivity contribution is 0.591. The summed E-state index contributed by atoms with van der Waals surface area (Å²) in [6, 6.07) is 49.9. The van der Waals surface area contributed by atoms with E-state index >= 15 is 0 Å². The third-order valence-corrected chi connectivity index (χ3v) is 11.2. The Balaban J connectivity index is 1.60. The molecule has 246 valence electrons. The van der Waals surface area contributed by atoms with Crippen molar-refractivity contribution in [1.29, 1.82) is 0 Å². The van der Waals surface area contributed by atoms with Crippen LogP contribution < -0.4 is 0 Å². The Morgan fingerprint density at radius 1 is 0.353 bits per heavy atom. The van der Waals surface area contributed by atoms with Crippen molar-refractivity contribution < 1.29 is 4.42 Å². The predicted octanol–water partition coefficient (Wildman–Crippen LogP) is 14.7. The lowest BCUT2D eigenvalue weighted by atomic mass is 9.76. The first-order valence-corrected chi connectivity index (χ1v) is 18.2. The maximum atomic E-state index is 6.62. The molecule has 0 N–H and O–H groups in total. The van der Waals surface area contributed by atoms with E-state index in [1.54, 1.807) is 0 Å². The van der Waals surface area contributed by atoms with Gasteiger partial charge in [-0.15, -0.1) is 0 Å². The summed E-state index contributed by atoms with van der Waals surface area (Å²) in [5.41, 5.74) is 9.46. The number of hydrogen-bond donors (Lipinski definition) is 0. The Morgan fingerprint density at radius 2 is 0.824 bits per heavy atom. The van der Waals surface area contributed by atoms with Crippen LogP contribution in [-0.2, 0) is 10.8 Å². The molecule has 1 heteroatoms. The zero-order valence-electron chi connectivity index (χ0n) is 30.1. The van der Waals surface area contributed by atoms with Gasteiger partial charge in [0, 0.05) is 10.8 Å². The highest BCUT2D eigenvalue weighted by Gasteiger charge is 2.27. The largest absolute Gasteiger partial charge is 0.456 e. The van der Waals surface area contributed by atoms with Crippen LogP contribution in [0, 0.1) is 0 Å². The van der Waals surface area contributed by atoms with Crippen LogP contribution in [0.25, 0.3) is 98.1 Å². The summed E-state index contributed by atoms with van der Waals surface area (Å²) >= 11 is 0. The van der Waals surface area contributed by atoms with E-state index in [2.05, 4.69) is 175 Å². The Kier molecular flexibility index (Phi) is 6.18. The van der Waals surface area contributed by atoms with E-state index in [1.165, 1.54) is 87.2 Å². The summed E-state index contributed by atoms with van der Waals surface area (Å²) in [4.78, 5) is 0. The molecule has 0 spiro atoms. The molecule has 10 aromatic rings. The molecule has 51 heavy (non-hydrogen) atoms. The van der Waals surface area contributed by atoms with E-state index in [0.717, 1.165) is 21.9 Å². The van der Waals surface area contributed by atoms with Crippen molar-refractivity contribution in [3.8, 4) is 22.3 Å². The maximum absolute atomic E-state index is 6.62. The fraction of sp³-hybridized carbons (Fsp3) is 0.160. The van der Waals surface area contributed by atoms with Gasteiger partial charge in [-0.1, -0.05) is 145 Å². The van der Waals surface area contributed by atoms with E-state index in [9.17, 15) is 0 Å². The normalized spacial score (nSPS) is 12.9. The molecule has 1 heterocycles. The molecular weight excluding hydrogens is 617 g/mol. The number of para-hydroxylation sites is 1. The number of benzene rings is 9. The van der Waals surface area contributed by atoms with Crippen molar-refractivity contribution in [2.45, 2.75) is 52.4 Å². The minimum Gasteiger partial charge on any atom is -0.456 e. The average molecular weight is 657 g/mol.